The number of carbonyl (C=O) groups excluding carboxylic acids is 2. The van der Waals surface area contributed by atoms with Crippen LogP contribution in [-0.4, -0.2) is 24.2 Å². The van der Waals surface area contributed by atoms with Crippen LogP contribution >= 0.6 is 0 Å². The summed E-state index contributed by atoms with van der Waals surface area (Å²) >= 11 is 0. The minimum absolute atomic E-state index is 0.254. The summed E-state index contributed by atoms with van der Waals surface area (Å²) in [6, 6.07) is 6.60. The first-order valence-corrected chi connectivity index (χ1v) is 11.4. The highest BCUT2D eigenvalue weighted by molar-refractivity contribution is 5.98. The van der Waals surface area contributed by atoms with Gasteiger partial charge in [-0.05, 0) is 98.3 Å². The lowest BCUT2D eigenvalue weighted by Crippen LogP contribution is -2.21. The van der Waals surface area contributed by atoms with Crippen molar-refractivity contribution in [1.29, 1.82) is 0 Å². The van der Waals surface area contributed by atoms with Crippen molar-refractivity contribution in [3.8, 4) is 0 Å². The number of hydrazone groups is 2. The summed E-state index contributed by atoms with van der Waals surface area (Å²) in [6.45, 7) is 0. The second kappa shape index (κ2) is 8.32. The topological polar surface area (TPSA) is 82.9 Å². The second-order valence-electron chi connectivity index (χ2n) is 9.69. The number of carbonyl (C=O) groups is 2. The first-order valence-electron chi connectivity index (χ1n) is 11.4. The molecule has 6 unspecified atom stereocenters. The molecule has 0 spiro atoms. The van der Waals surface area contributed by atoms with Gasteiger partial charge in [-0.25, -0.2) is 10.9 Å². The van der Waals surface area contributed by atoms with Crippen LogP contribution in [-0.2, 0) is 0 Å². The second-order valence-corrected chi connectivity index (χ2v) is 9.69. The van der Waals surface area contributed by atoms with Crippen molar-refractivity contribution >= 4 is 24.2 Å². The summed E-state index contributed by atoms with van der Waals surface area (Å²) in [5.41, 5.74) is 6.21. The van der Waals surface area contributed by atoms with E-state index in [0.717, 1.165) is 23.7 Å². The monoisotopic (exact) mass is 406 g/mol. The van der Waals surface area contributed by atoms with E-state index in [-0.39, 0.29) is 11.8 Å². The van der Waals surface area contributed by atoms with Gasteiger partial charge in [0.25, 0.3) is 11.8 Å². The molecule has 4 bridgehead atoms. The molecule has 5 rings (SSSR count). The molecule has 4 saturated carbocycles. The summed E-state index contributed by atoms with van der Waals surface area (Å²) in [6.07, 6.45) is 14.2. The molecule has 6 heteroatoms. The number of nitrogens with one attached hydrogen (secondary N) is 2. The van der Waals surface area contributed by atoms with E-state index in [9.17, 15) is 9.59 Å². The van der Waals surface area contributed by atoms with Crippen LogP contribution in [0.2, 0.25) is 0 Å². The number of hydrogen-bond donors (Lipinski definition) is 2. The lowest BCUT2D eigenvalue weighted by Gasteiger charge is -2.16. The Kier molecular flexibility index (Phi) is 5.40. The van der Waals surface area contributed by atoms with Gasteiger partial charge in [-0.2, -0.15) is 10.2 Å². The number of hydrogen-bond acceptors (Lipinski definition) is 4. The zero-order chi connectivity index (χ0) is 20.5. The van der Waals surface area contributed by atoms with Crippen LogP contribution in [0.25, 0.3) is 0 Å². The number of amides is 2. The summed E-state index contributed by atoms with van der Waals surface area (Å²) in [7, 11) is 0. The predicted octanol–water partition coefficient (Wildman–Crippen LogP) is 3.99. The molecular weight excluding hydrogens is 376 g/mol. The minimum Gasteiger partial charge on any atom is -0.267 e. The molecular formula is C24H30N4O2. The molecule has 0 saturated heterocycles. The SMILES string of the molecule is O=C(NN=CC1CC2CCC1C2)c1ccc(C(=O)NN=CC2CC3CCC2C3)cc1. The molecule has 6 atom stereocenters. The average Bonchev–Trinajstić information content (AvgIpc) is 3.56. The minimum atomic E-state index is -0.254. The van der Waals surface area contributed by atoms with Crippen LogP contribution in [0.1, 0.15) is 72.1 Å². The van der Waals surface area contributed by atoms with Gasteiger partial charge < -0.3 is 0 Å². The Morgan fingerprint density at radius 2 is 1.13 bits per heavy atom. The van der Waals surface area contributed by atoms with Crippen molar-refractivity contribution in [2.24, 2.45) is 45.7 Å². The van der Waals surface area contributed by atoms with Crippen LogP contribution in [0.5, 0.6) is 0 Å². The number of rotatable bonds is 6. The fraction of sp³-hybridized carbons (Fsp3) is 0.583. The predicted molar refractivity (Wildman–Crippen MR) is 116 cm³/mol. The van der Waals surface area contributed by atoms with Crippen molar-refractivity contribution in [2.75, 3.05) is 0 Å². The highest BCUT2D eigenvalue weighted by atomic mass is 16.2. The zero-order valence-electron chi connectivity index (χ0n) is 17.3. The molecule has 30 heavy (non-hydrogen) atoms. The van der Waals surface area contributed by atoms with Gasteiger partial charge in [0.15, 0.2) is 0 Å². The standard InChI is InChI=1S/C24H30N4O2/c29-23(27-25-13-21-11-15-1-3-19(21)9-15)17-5-7-18(8-6-17)24(30)28-26-14-22-12-16-2-4-20(22)10-16/h5-8,13-16,19-22H,1-4,9-12H2,(H,27,29)(H,28,30). The maximum absolute atomic E-state index is 12.3. The van der Waals surface area contributed by atoms with E-state index in [4.69, 9.17) is 0 Å². The van der Waals surface area contributed by atoms with E-state index in [2.05, 4.69) is 21.1 Å². The first kappa shape index (κ1) is 19.5. The molecule has 2 N–H and O–H groups in total. The molecule has 0 heterocycles. The molecule has 4 aliphatic rings. The molecule has 0 aliphatic heterocycles. The molecule has 1 aromatic carbocycles. The molecule has 158 valence electrons. The highest BCUT2D eigenvalue weighted by Crippen LogP contribution is 2.48. The van der Waals surface area contributed by atoms with E-state index in [0.29, 0.717) is 23.0 Å². The zero-order valence-corrected chi connectivity index (χ0v) is 17.3. The van der Waals surface area contributed by atoms with Gasteiger partial charge in [-0.3, -0.25) is 9.59 Å². The van der Waals surface area contributed by atoms with E-state index >= 15 is 0 Å². The molecule has 0 aromatic heterocycles. The third-order valence-electron chi connectivity index (χ3n) is 7.86. The lowest BCUT2D eigenvalue weighted by atomic mass is 9.90. The largest absolute Gasteiger partial charge is 0.271 e. The van der Waals surface area contributed by atoms with Gasteiger partial charge >= 0.3 is 0 Å². The van der Waals surface area contributed by atoms with Crippen molar-refractivity contribution in [1.82, 2.24) is 10.9 Å². The van der Waals surface area contributed by atoms with Crippen LogP contribution in [0.3, 0.4) is 0 Å². The Balaban J connectivity index is 1.09. The maximum Gasteiger partial charge on any atom is 0.271 e. The van der Waals surface area contributed by atoms with E-state index in [1.54, 1.807) is 24.3 Å². The maximum atomic E-state index is 12.3. The van der Waals surface area contributed by atoms with Crippen molar-refractivity contribution in [3.05, 3.63) is 35.4 Å². The molecule has 0 radical (unpaired) electrons. The molecule has 4 aliphatic carbocycles. The fourth-order valence-corrected chi connectivity index (χ4v) is 6.24. The van der Waals surface area contributed by atoms with Gasteiger partial charge in [0, 0.05) is 23.6 Å². The summed E-state index contributed by atoms with van der Waals surface area (Å²) in [4.78, 5) is 24.6. The Morgan fingerprint density at radius 1 is 0.700 bits per heavy atom. The normalized spacial score (nSPS) is 34.3. The number of benzene rings is 1. The summed E-state index contributed by atoms with van der Waals surface area (Å²) < 4.78 is 0. The fourth-order valence-electron chi connectivity index (χ4n) is 6.24. The van der Waals surface area contributed by atoms with Gasteiger partial charge in [0.1, 0.15) is 0 Å². The van der Waals surface area contributed by atoms with E-state index < -0.39 is 0 Å². The molecule has 2 amide bonds. The number of fused-ring (bicyclic) bond motifs is 4. The Bertz CT molecular complexity index is 791. The van der Waals surface area contributed by atoms with Gasteiger partial charge in [0.05, 0.1) is 0 Å². The van der Waals surface area contributed by atoms with Gasteiger partial charge in [-0.15, -0.1) is 0 Å². The smallest absolute Gasteiger partial charge is 0.267 e. The third-order valence-corrected chi connectivity index (χ3v) is 7.86. The van der Waals surface area contributed by atoms with Crippen LogP contribution in [0.4, 0.5) is 0 Å². The lowest BCUT2D eigenvalue weighted by molar-refractivity contribution is 0.0943. The van der Waals surface area contributed by atoms with Crippen LogP contribution in [0.15, 0.2) is 34.5 Å². The Labute approximate surface area is 177 Å². The van der Waals surface area contributed by atoms with Gasteiger partial charge in [-0.1, -0.05) is 12.8 Å². The van der Waals surface area contributed by atoms with Crippen molar-refractivity contribution < 1.29 is 9.59 Å². The van der Waals surface area contributed by atoms with E-state index in [1.165, 1.54) is 51.4 Å². The summed E-state index contributed by atoms with van der Waals surface area (Å²) in [5.74, 6) is 3.73. The first-order chi connectivity index (χ1) is 14.7. The number of nitrogens with zero attached hydrogens (tertiary/aromatic N) is 2. The van der Waals surface area contributed by atoms with Crippen LogP contribution in [0, 0.1) is 35.5 Å². The van der Waals surface area contributed by atoms with Crippen molar-refractivity contribution in [3.63, 3.8) is 0 Å². The third kappa shape index (κ3) is 4.05. The molecule has 6 nitrogen and oxygen atoms in total. The quantitative estimate of drug-likeness (QED) is 0.553. The summed E-state index contributed by atoms with van der Waals surface area (Å²) in [5, 5.41) is 8.35. The highest BCUT2D eigenvalue weighted by Gasteiger charge is 2.39. The van der Waals surface area contributed by atoms with E-state index in [1.807, 2.05) is 12.4 Å². The Hall–Kier alpha value is -2.50. The van der Waals surface area contributed by atoms with Crippen molar-refractivity contribution in [2.45, 2.75) is 51.4 Å². The molecule has 4 fully saturated rings. The van der Waals surface area contributed by atoms with Gasteiger partial charge in [0.2, 0.25) is 0 Å². The average molecular weight is 407 g/mol. The molecule has 1 aromatic rings. The Morgan fingerprint density at radius 3 is 1.47 bits per heavy atom. The van der Waals surface area contributed by atoms with Crippen LogP contribution < -0.4 is 10.9 Å².